The minimum Gasteiger partial charge on any atom is -0.466 e. The number of carbonyl (C=O) groups is 3. The van der Waals surface area contributed by atoms with E-state index in [0.717, 1.165) is 0 Å². The molecule has 0 aromatic carbocycles. The van der Waals surface area contributed by atoms with Crippen molar-refractivity contribution in [3.8, 4) is 0 Å². The number of likely N-dealkylation sites (tertiary alicyclic amines) is 1. The molecule has 0 aliphatic carbocycles. The van der Waals surface area contributed by atoms with Crippen molar-refractivity contribution in [2.75, 3.05) is 26.2 Å². The zero-order valence-corrected chi connectivity index (χ0v) is 14.8. The highest BCUT2D eigenvalue weighted by Gasteiger charge is 2.27. The van der Waals surface area contributed by atoms with Crippen molar-refractivity contribution in [3.05, 3.63) is 22.4 Å². The Bertz CT molecular complexity index is 551. The maximum atomic E-state index is 12.2. The monoisotopic (exact) mass is 352 g/mol. The Morgan fingerprint density at radius 3 is 2.71 bits per heavy atom. The molecule has 0 atom stereocenters. The highest BCUT2D eigenvalue weighted by atomic mass is 32.1. The molecule has 7 heteroatoms. The topological polar surface area (TPSA) is 75.7 Å². The van der Waals surface area contributed by atoms with Crippen molar-refractivity contribution in [2.45, 2.75) is 32.6 Å². The molecule has 2 rings (SSSR count). The van der Waals surface area contributed by atoms with Gasteiger partial charge in [-0.15, -0.1) is 11.3 Å². The van der Waals surface area contributed by atoms with E-state index in [1.807, 2.05) is 11.4 Å². The molecule has 0 spiro atoms. The molecule has 0 radical (unpaired) electrons. The summed E-state index contributed by atoms with van der Waals surface area (Å²) in [6.45, 7) is 3.89. The van der Waals surface area contributed by atoms with Crippen molar-refractivity contribution in [1.29, 1.82) is 0 Å². The third kappa shape index (κ3) is 5.33. The number of thiophene rings is 1. The number of piperidine rings is 1. The first kappa shape index (κ1) is 18.4. The number of ether oxygens (including phenoxy) is 1. The average molecular weight is 352 g/mol. The van der Waals surface area contributed by atoms with Crippen LogP contribution in [-0.2, 0) is 14.3 Å². The zero-order chi connectivity index (χ0) is 17.4. The van der Waals surface area contributed by atoms with E-state index in [1.165, 1.54) is 11.3 Å². The molecule has 132 valence electrons. The van der Waals surface area contributed by atoms with Gasteiger partial charge in [0.1, 0.15) is 0 Å². The van der Waals surface area contributed by atoms with Crippen LogP contribution in [0.2, 0.25) is 0 Å². The van der Waals surface area contributed by atoms with E-state index in [-0.39, 0.29) is 23.7 Å². The van der Waals surface area contributed by atoms with Crippen LogP contribution in [0.4, 0.5) is 0 Å². The second kappa shape index (κ2) is 9.42. The summed E-state index contributed by atoms with van der Waals surface area (Å²) >= 11 is 1.40. The number of esters is 1. The molecule has 24 heavy (non-hydrogen) atoms. The van der Waals surface area contributed by atoms with Gasteiger partial charge < -0.3 is 15.0 Å². The summed E-state index contributed by atoms with van der Waals surface area (Å²) in [6, 6.07) is 3.61. The smallest absolute Gasteiger partial charge is 0.309 e. The summed E-state index contributed by atoms with van der Waals surface area (Å²) in [5.74, 6) is -0.240. The quantitative estimate of drug-likeness (QED) is 0.602. The largest absolute Gasteiger partial charge is 0.466 e. The molecule has 2 heterocycles. The van der Waals surface area contributed by atoms with E-state index in [9.17, 15) is 14.4 Å². The maximum Gasteiger partial charge on any atom is 0.309 e. The normalized spacial score (nSPS) is 15.1. The van der Waals surface area contributed by atoms with Crippen LogP contribution in [0.5, 0.6) is 0 Å². The Morgan fingerprint density at radius 2 is 2.08 bits per heavy atom. The van der Waals surface area contributed by atoms with E-state index in [0.29, 0.717) is 56.8 Å². The number of hydrogen-bond acceptors (Lipinski definition) is 5. The first-order chi connectivity index (χ1) is 11.6. The molecule has 1 aromatic heterocycles. The molecule has 0 saturated carbocycles. The lowest BCUT2D eigenvalue weighted by molar-refractivity contribution is -0.151. The van der Waals surface area contributed by atoms with Crippen LogP contribution in [0.25, 0.3) is 0 Å². The van der Waals surface area contributed by atoms with Gasteiger partial charge in [0.15, 0.2) is 0 Å². The van der Waals surface area contributed by atoms with Gasteiger partial charge in [-0.2, -0.15) is 0 Å². The second-order valence-corrected chi connectivity index (χ2v) is 6.69. The summed E-state index contributed by atoms with van der Waals surface area (Å²) < 4.78 is 5.03. The molecule has 6 nitrogen and oxygen atoms in total. The predicted molar refractivity (Wildman–Crippen MR) is 91.8 cm³/mol. The highest BCUT2D eigenvalue weighted by molar-refractivity contribution is 7.12. The SMILES string of the molecule is CCOC(=O)C1CCN(C(=O)CCCNC(=O)c2cccs2)CC1. The Labute approximate surface area is 146 Å². The first-order valence-corrected chi connectivity index (χ1v) is 9.26. The molecular formula is C17H24N2O4S. The molecular weight excluding hydrogens is 328 g/mol. The summed E-state index contributed by atoms with van der Waals surface area (Å²) in [6.07, 6.45) is 2.36. The van der Waals surface area contributed by atoms with Gasteiger partial charge >= 0.3 is 5.97 Å². The first-order valence-electron chi connectivity index (χ1n) is 8.38. The van der Waals surface area contributed by atoms with Crippen LogP contribution >= 0.6 is 11.3 Å². The molecule has 1 saturated heterocycles. The van der Waals surface area contributed by atoms with Gasteiger partial charge in [-0.05, 0) is 37.6 Å². The van der Waals surface area contributed by atoms with E-state index in [4.69, 9.17) is 4.74 Å². The molecule has 0 unspecified atom stereocenters. The minimum absolute atomic E-state index is 0.0842. The van der Waals surface area contributed by atoms with Gasteiger partial charge in [0.25, 0.3) is 5.91 Å². The second-order valence-electron chi connectivity index (χ2n) is 5.74. The molecule has 1 aliphatic heterocycles. The zero-order valence-electron chi connectivity index (χ0n) is 14.0. The number of carbonyl (C=O) groups excluding carboxylic acids is 3. The maximum absolute atomic E-state index is 12.2. The van der Waals surface area contributed by atoms with E-state index in [2.05, 4.69) is 5.32 Å². The van der Waals surface area contributed by atoms with Crippen LogP contribution in [-0.4, -0.2) is 48.9 Å². The molecule has 1 N–H and O–H groups in total. The molecule has 0 bridgehead atoms. The van der Waals surface area contributed by atoms with Crippen molar-refractivity contribution in [1.82, 2.24) is 10.2 Å². The van der Waals surface area contributed by atoms with E-state index in [1.54, 1.807) is 17.9 Å². The fourth-order valence-electron chi connectivity index (χ4n) is 2.72. The Kier molecular flexibility index (Phi) is 7.24. The van der Waals surface area contributed by atoms with Gasteiger partial charge in [-0.1, -0.05) is 6.07 Å². The number of nitrogens with one attached hydrogen (secondary N) is 1. The average Bonchev–Trinajstić information content (AvgIpc) is 3.13. The number of rotatable bonds is 7. The lowest BCUT2D eigenvalue weighted by Gasteiger charge is -2.31. The predicted octanol–water partition coefficient (Wildman–Crippen LogP) is 2.06. The van der Waals surface area contributed by atoms with E-state index >= 15 is 0 Å². The van der Waals surface area contributed by atoms with Crippen LogP contribution < -0.4 is 5.32 Å². The lowest BCUT2D eigenvalue weighted by atomic mass is 9.97. The molecule has 1 aromatic rings. The number of amides is 2. The third-order valence-electron chi connectivity index (χ3n) is 4.07. The van der Waals surface area contributed by atoms with Crippen LogP contribution in [0.3, 0.4) is 0 Å². The van der Waals surface area contributed by atoms with Gasteiger partial charge in [-0.3, -0.25) is 14.4 Å². The van der Waals surface area contributed by atoms with Gasteiger partial charge in [0.05, 0.1) is 17.4 Å². The summed E-state index contributed by atoms with van der Waals surface area (Å²) in [7, 11) is 0. The minimum atomic E-state index is -0.152. The fraction of sp³-hybridized carbons (Fsp3) is 0.588. The molecule has 1 fully saturated rings. The van der Waals surface area contributed by atoms with Crippen LogP contribution in [0.1, 0.15) is 42.3 Å². The van der Waals surface area contributed by atoms with Crippen molar-refractivity contribution >= 4 is 29.1 Å². The number of nitrogens with zero attached hydrogens (tertiary/aromatic N) is 1. The van der Waals surface area contributed by atoms with Crippen molar-refractivity contribution in [2.24, 2.45) is 5.92 Å². The van der Waals surface area contributed by atoms with Crippen molar-refractivity contribution < 1.29 is 19.1 Å². The standard InChI is InChI=1S/C17H24N2O4S/c1-2-23-17(22)13-7-10-19(11-8-13)15(20)6-3-9-18-16(21)14-5-4-12-24-14/h4-5,12-13H,2-3,6-11H2,1H3,(H,18,21). The van der Waals surface area contributed by atoms with Crippen LogP contribution in [0, 0.1) is 5.92 Å². The highest BCUT2D eigenvalue weighted by Crippen LogP contribution is 2.19. The van der Waals surface area contributed by atoms with Gasteiger partial charge in [-0.25, -0.2) is 0 Å². The Hall–Kier alpha value is -1.89. The van der Waals surface area contributed by atoms with Gasteiger partial charge in [0.2, 0.25) is 5.91 Å². The van der Waals surface area contributed by atoms with Crippen LogP contribution in [0.15, 0.2) is 17.5 Å². The number of hydrogen-bond donors (Lipinski definition) is 1. The lowest BCUT2D eigenvalue weighted by Crippen LogP contribution is -2.40. The third-order valence-corrected chi connectivity index (χ3v) is 4.93. The fourth-order valence-corrected chi connectivity index (χ4v) is 3.36. The molecule has 2 amide bonds. The van der Waals surface area contributed by atoms with Gasteiger partial charge in [0, 0.05) is 26.1 Å². The summed E-state index contributed by atoms with van der Waals surface area (Å²) in [5, 5.41) is 4.68. The molecule has 1 aliphatic rings. The Balaban J connectivity index is 1.61. The van der Waals surface area contributed by atoms with E-state index < -0.39 is 0 Å². The van der Waals surface area contributed by atoms with Crippen molar-refractivity contribution in [3.63, 3.8) is 0 Å². The summed E-state index contributed by atoms with van der Waals surface area (Å²) in [5.41, 5.74) is 0. The Morgan fingerprint density at radius 1 is 1.33 bits per heavy atom. The summed E-state index contributed by atoms with van der Waals surface area (Å²) in [4.78, 5) is 38.1.